The number of alkyl carbamates (subject to hydrolysis) is 1. The summed E-state index contributed by atoms with van der Waals surface area (Å²) in [4.78, 5) is 37.2. The molecule has 33 heavy (non-hydrogen) atoms. The predicted molar refractivity (Wildman–Crippen MR) is 124 cm³/mol. The third-order valence-electron chi connectivity index (χ3n) is 4.58. The van der Waals surface area contributed by atoms with E-state index in [1.807, 2.05) is 13.0 Å². The molecule has 0 aromatic heterocycles. The highest BCUT2D eigenvalue weighted by Gasteiger charge is 2.28. The van der Waals surface area contributed by atoms with Gasteiger partial charge in [-0.25, -0.2) is 9.59 Å². The van der Waals surface area contributed by atoms with Crippen molar-refractivity contribution in [1.82, 2.24) is 10.6 Å². The lowest BCUT2D eigenvalue weighted by atomic mass is 10.0. The molecule has 0 heterocycles. The van der Waals surface area contributed by atoms with Crippen LogP contribution in [0.4, 0.5) is 4.79 Å². The molecule has 0 saturated heterocycles. The number of benzene rings is 2. The molecule has 178 valence electrons. The van der Waals surface area contributed by atoms with E-state index in [4.69, 9.17) is 9.47 Å². The fraction of sp³-hybridized carbons (Fsp3) is 0.400. The van der Waals surface area contributed by atoms with Gasteiger partial charge in [-0.15, -0.1) is 0 Å². The number of hydrogen-bond acceptors (Lipinski definition) is 5. The van der Waals surface area contributed by atoms with Crippen LogP contribution < -0.4 is 15.4 Å². The highest BCUT2D eigenvalue weighted by molar-refractivity contribution is 5.89. The van der Waals surface area contributed by atoms with E-state index < -0.39 is 35.7 Å². The van der Waals surface area contributed by atoms with Crippen molar-refractivity contribution in [2.45, 2.75) is 58.2 Å². The van der Waals surface area contributed by atoms with Gasteiger partial charge in [0.1, 0.15) is 23.4 Å². The molecule has 2 unspecified atom stereocenters. The minimum atomic E-state index is -1.16. The van der Waals surface area contributed by atoms with E-state index in [9.17, 15) is 19.5 Å². The number of carboxylic acids is 1. The van der Waals surface area contributed by atoms with Gasteiger partial charge in [0.2, 0.25) is 5.91 Å². The van der Waals surface area contributed by atoms with E-state index in [-0.39, 0.29) is 12.8 Å². The van der Waals surface area contributed by atoms with Crippen molar-refractivity contribution in [1.29, 1.82) is 0 Å². The lowest BCUT2D eigenvalue weighted by Gasteiger charge is -2.24. The van der Waals surface area contributed by atoms with Crippen LogP contribution in [0, 0.1) is 0 Å². The van der Waals surface area contributed by atoms with Gasteiger partial charge in [-0.05, 0) is 51.0 Å². The standard InChI is InChI=1S/C25H32N2O6/c1-5-32-19-13-11-18(12-14-19)15-20(27-24(31)33-25(2,3)4)22(28)26-21(23(29)30)16-17-9-7-6-8-10-17/h6-14,20-21H,5,15-16H2,1-4H3,(H,26,28)(H,27,31)(H,29,30). The van der Waals surface area contributed by atoms with Crippen LogP contribution in [0.3, 0.4) is 0 Å². The summed E-state index contributed by atoms with van der Waals surface area (Å²) in [6, 6.07) is 14.0. The summed E-state index contributed by atoms with van der Waals surface area (Å²) in [5.41, 5.74) is 0.791. The topological polar surface area (TPSA) is 114 Å². The van der Waals surface area contributed by atoms with Crippen molar-refractivity contribution in [3.63, 3.8) is 0 Å². The number of rotatable bonds is 10. The maximum atomic E-state index is 13.1. The number of ether oxygens (including phenoxy) is 2. The second-order valence-electron chi connectivity index (χ2n) is 8.57. The quantitative estimate of drug-likeness (QED) is 0.505. The number of nitrogens with one attached hydrogen (secondary N) is 2. The predicted octanol–water partition coefficient (Wildman–Crippen LogP) is 3.33. The van der Waals surface area contributed by atoms with Crippen molar-refractivity contribution >= 4 is 18.0 Å². The molecule has 2 aromatic carbocycles. The molecule has 8 heteroatoms. The minimum absolute atomic E-state index is 0.115. The van der Waals surface area contributed by atoms with Crippen LogP contribution >= 0.6 is 0 Å². The molecule has 2 atom stereocenters. The van der Waals surface area contributed by atoms with Gasteiger partial charge in [-0.1, -0.05) is 42.5 Å². The zero-order valence-corrected chi connectivity index (χ0v) is 19.5. The van der Waals surface area contributed by atoms with Crippen molar-refractivity contribution in [2.24, 2.45) is 0 Å². The molecule has 0 spiro atoms. The number of hydrogen-bond donors (Lipinski definition) is 3. The Morgan fingerprint density at radius 2 is 1.45 bits per heavy atom. The van der Waals surface area contributed by atoms with E-state index in [0.717, 1.165) is 11.1 Å². The molecular weight excluding hydrogens is 424 g/mol. The Balaban J connectivity index is 2.17. The smallest absolute Gasteiger partial charge is 0.408 e. The molecule has 3 N–H and O–H groups in total. The van der Waals surface area contributed by atoms with E-state index >= 15 is 0 Å². The van der Waals surface area contributed by atoms with Crippen molar-refractivity contribution in [3.8, 4) is 5.75 Å². The van der Waals surface area contributed by atoms with Crippen LogP contribution in [0.1, 0.15) is 38.8 Å². The molecule has 0 aliphatic carbocycles. The van der Waals surface area contributed by atoms with Gasteiger partial charge in [0.15, 0.2) is 0 Å². The molecule has 0 aliphatic rings. The highest BCUT2D eigenvalue weighted by Crippen LogP contribution is 2.14. The number of carboxylic acid groups (broad SMARTS) is 1. The Morgan fingerprint density at radius 1 is 0.879 bits per heavy atom. The molecule has 0 fully saturated rings. The number of carbonyl (C=O) groups excluding carboxylic acids is 2. The van der Waals surface area contributed by atoms with E-state index in [1.165, 1.54) is 0 Å². The molecule has 0 aliphatic heterocycles. The van der Waals surface area contributed by atoms with Gasteiger partial charge < -0.3 is 25.2 Å². The average molecular weight is 457 g/mol. The third kappa shape index (κ3) is 9.22. The number of carbonyl (C=O) groups is 3. The van der Waals surface area contributed by atoms with E-state index in [2.05, 4.69) is 10.6 Å². The molecule has 2 rings (SSSR count). The number of aliphatic carboxylic acids is 1. The van der Waals surface area contributed by atoms with Crippen LogP contribution in [0.15, 0.2) is 54.6 Å². The van der Waals surface area contributed by atoms with Gasteiger partial charge in [-0.3, -0.25) is 4.79 Å². The summed E-state index contributed by atoms with van der Waals surface area (Å²) < 4.78 is 10.7. The third-order valence-corrected chi connectivity index (χ3v) is 4.58. The fourth-order valence-corrected chi connectivity index (χ4v) is 3.11. The highest BCUT2D eigenvalue weighted by atomic mass is 16.6. The SMILES string of the molecule is CCOc1ccc(CC(NC(=O)OC(C)(C)C)C(=O)NC(Cc2ccccc2)C(=O)O)cc1. The van der Waals surface area contributed by atoms with Crippen LogP contribution in [0.25, 0.3) is 0 Å². The summed E-state index contributed by atoms with van der Waals surface area (Å²) in [5, 5.41) is 14.8. The zero-order chi connectivity index (χ0) is 24.4. The Morgan fingerprint density at radius 3 is 2.00 bits per heavy atom. The molecule has 0 saturated carbocycles. The summed E-state index contributed by atoms with van der Waals surface area (Å²) in [7, 11) is 0. The monoisotopic (exact) mass is 456 g/mol. The van der Waals surface area contributed by atoms with Crippen LogP contribution in [0.5, 0.6) is 5.75 Å². The lowest BCUT2D eigenvalue weighted by molar-refractivity contribution is -0.142. The fourth-order valence-electron chi connectivity index (χ4n) is 3.11. The first kappa shape index (κ1) is 25.7. The maximum Gasteiger partial charge on any atom is 0.408 e. The molecule has 2 aromatic rings. The van der Waals surface area contributed by atoms with Crippen molar-refractivity contribution in [2.75, 3.05) is 6.61 Å². The zero-order valence-electron chi connectivity index (χ0n) is 19.5. The summed E-state index contributed by atoms with van der Waals surface area (Å²) in [5.74, 6) is -1.08. The molecule has 2 amide bonds. The molecule has 0 radical (unpaired) electrons. The van der Waals surface area contributed by atoms with Gasteiger partial charge in [0.05, 0.1) is 6.61 Å². The maximum absolute atomic E-state index is 13.1. The molecule has 8 nitrogen and oxygen atoms in total. The Bertz CT molecular complexity index is 922. The van der Waals surface area contributed by atoms with Gasteiger partial charge in [0, 0.05) is 12.8 Å². The summed E-state index contributed by atoms with van der Waals surface area (Å²) in [6.07, 6.45) is -0.497. The first-order valence-corrected chi connectivity index (χ1v) is 10.9. The van der Waals surface area contributed by atoms with E-state index in [1.54, 1.807) is 69.3 Å². The van der Waals surface area contributed by atoms with Crippen LogP contribution in [-0.2, 0) is 27.2 Å². The van der Waals surface area contributed by atoms with Gasteiger partial charge >= 0.3 is 12.1 Å². The van der Waals surface area contributed by atoms with Crippen molar-refractivity contribution < 1.29 is 29.0 Å². The summed E-state index contributed by atoms with van der Waals surface area (Å²) >= 11 is 0. The first-order chi connectivity index (χ1) is 15.6. The Kier molecular flexibility index (Phi) is 9.27. The largest absolute Gasteiger partial charge is 0.494 e. The van der Waals surface area contributed by atoms with Crippen LogP contribution in [-0.4, -0.2) is 47.4 Å². The van der Waals surface area contributed by atoms with Gasteiger partial charge in [-0.2, -0.15) is 0 Å². The second kappa shape index (κ2) is 11.9. The average Bonchev–Trinajstić information content (AvgIpc) is 2.73. The van der Waals surface area contributed by atoms with Gasteiger partial charge in [0.25, 0.3) is 0 Å². The molecular formula is C25H32N2O6. The van der Waals surface area contributed by atoms with E-state index in [0.29, 0.717) is 12.4 Å². The second-order valence-corrected chi connectivity index (χ2v) is 8.57. The Hall–Kier alpha value is -3.55. The number of amides is 2. The summed E-state index contributed by atoms with van der Waals surface area (Å²) in [6.45, 7) is 7.56. The minimum Gasteiger partial charge on any atom is -0.494 e. The first-order valence-electron chi connectivity index (χ1n) is 10.9. The normalized spacial score (nSPS) is 12.8. The Labute approximate surface area is 194 Å². The lowest BCUT2D eigenvalue weighted by Crippen LogP contribution is -2.53. The van der Waals surface area contributed by atoms with Crippen LogP contribution in [0.2, 0.25) is 0 Å². The molecule has 0 bridgehead atoms. The van der Waals surface area contributed by atoms with Crippen molar-refractivity contribution in [3.05, 3.63) is 65.7 Å².